The van der Waals surface area contributed by atoms with Gasteiger partial charge in [0.25, 0.3) is 0 Å². The number of nitrogens with two attached hydrogens (primary N) is 1. The third-order valence-electron chi connectivity index (χ3n) is 3.06. The molecule has 0 aromatic rings. The van der Waals surface area contributed by atoms with Gasteiger partial charge in [-0.2, -0.15) is 12.6 Å². The Labute approximate surface area is 107 Å². The fourth-order valence-electron chi connectivity index (χ4n) is 1.98. The first-order valence-electron chi connectivity index (χ1n) is 5.91. The standard InChI is InChI=1S/C11H20N2O3S/c12-9(11(15)16)3-1-2-4-13-6-8(7-17)5-10(13)14/h8-9,17H,1-7,12H2,(H,15,16). The van der Waals surface area contributed by atoms with Crippen LogP contribution in [0, 0.1) is 5.92 Å². The lowest BCUT2D eigenvalue weighted by Crippen LogP contribution is -2.30. The fraction of sp³-hybridized carbons (Fsp3) is 0.818. The molecule has 1 amide bonds. The topological polar surface area (TPSA) is 83.6 Å². The van der Waals surface area contributed by atoms with Crippen molar-refractivity contribution in [2.75, 3.05) is 18.8 Å². The molecule has 0 radical (unpaired) electrons. The van der Waals surface area contributed by atoms with Crippen LogP contribution in [0.25, 0.3) is 0 Å². The van der Waals surface area contributed by atoms with Crippen LogP contribution in [0.15, 0.2) is 0 Å². The molecule has 2 unspecified atom stereocenters. The van der Waals surface area contributed by atoms with E-state index in [2.05, 4.69) is 12.6 Å². The molecule has 1 aliphatic rings. The summed E-state index contributed by atoms with van der Waals surface area (Å²) in [5.41, 5.74) is 5.39. The quantitative estimate of drug-likeness (QED) is 0.455. The van der Waals surface area contributed by atoms with Gasteiger partial charge in [-0.1, -0.05) is 0 Å². The molecule has 1 rings (SSSR count). The van der Waals surface area contributed by atoms with Gasteiger partial charge >= 0.3 is 5.97 Å². The number of carbonyl (C=O) groups is 2. The van der Waals surface area contributed by atoms with Crippen molar-refractivity contribution < 1.29 is 14.7 Å². The van der Waals surface area contributed by atoms with E-state index in [1.807, 2.05) is 4.90 Å². The minimum Gasteiger partial charge on any atom is -0.480 e. The molecule has 1 saturated heterocycles. The van der Waals surface area contributed by atoms with Gasteiger partial charge in [-0.3, -0.25) is 9.59 Å². The van der Waals surface area contributed by atoms with Crippen molar-refractivity contribution in [2.45, 2.75) is 31.7 Å². The zero-order valence-corrected chi connectivity index (χ0v) is 10.7. The van der Waals surface area contributed by atoms with Gasteiger partial charge in [0.05, 0.1) is 0 Å². The molecule has 6 heteroatoms. The highest BCUT2D eigenvalue weighted by Crippen LogP contribution is 2.19. The number of carboxylic acid groups (broad SMARTS) is 1. The van der Waals surface area contributed by atoms with E-state index in [0.29, 0.717) is 25.3 Å². The number of carbonyl (C=O) groups excluding carboxylic acids is 1. The van der Waals surface area contributed by atoms with Crippen molar-refractivity contribution in [1.82, 2.24) is 4.90 Å². The second-order valence-corrected chi connectivity index (χ2v) is 4.90. The number of likely N-dealkylation sites (tertiary alicyclic amines) is 1. The first-order valence-corrected chi connectivity index (χ1v) is 6.55. The highest BCUT2D eigenvalue weighted by atomic mass is 32.1. The molecule has 0 spiro atoms. The van der Waals surface area contributed by atoms with E-state index in [-0.39, 0.29) is 5.91 Å². The highest BCUT2D eigenvalue weighted by Gasteiger charge is 2.27. The second kappa shape index (κ2) is 6.86. The van der Waals surface area contributed by atoms with Gasteiger partial charge < -0.3 is 15.7 Å². The fourth-order valence-corrected chi connectivity index (χ4v) is 2.23. The first kappa shape index (κ1) is 14.3. The van der Waals surface area contributed by atoms with E-state index in [1.165, 1.54) is 0 Å². The molecule has 3 N–H and O–H groups in total. The lowest BCUT2D eigenvalue weighted by molar-refractivity contribution is -0.138. The number of nitrogens with zero attached hydrogens (tertiary/aromatic N) is 1. The Morgan fingerprint density at radius 3 is 2.82 bits per heavy atom. The number of hydrogen-bond acceptors (Lipinski definition) is 4. The number of rotatable bonds is 7. The Morgan fingerprint density at radius 2 is 2.29 bits per heavy atom. The van der Waals surface area contributed by atoms with Crippen LogP contribution in [0.2, 0.25) is 0 Å². The first-order chi connectivity index (χ1) is 8.04. The Bertz CT molecular complexity index is 286. The van der Waals surface area contributed by atoms with Crippen molar-refractivity contribution in [3.8, 4) is 0 Å². The van der Waals surface area contributed by atoms with Gasteiger partial charge in [-0.25, -0.2) is 0 Å². The van der Waals surface area contributed by atoms with E-state index in [1.54, 1.807) is 0 Å². The van der Waals surface area contributed by atoms with Crippen LogP contribution in [0.1, 0.15) is 25.7 Å². The molecular formula is C11H20N2O3S. The molecule has 0 aromatic heterocycles. The number of thiol groups is 1. The Balaban J connectivity index is 2.15. The minimum absolute atomic E-state index is 0.187. The highest BCUT2D eigenvalue weighted by molar-refractivity contribution is 7.80. The average Bonchev–Trinajstić information content (AvgIpc) is 2.65. The third-order valence-corrected chi connectivity index (χ3v) is 3.58. The smallest absolute Gasteiger partial charge is 0.320 e. The molecule has 0 bridgehead atoms. The summed E-state index contributed by atoms with van der Waals surface area (Å²) < 4.78 is 0. The molecule has 5 nitrogen and oxygen atoms in total. The molecule has 0 aromatic carbocycles. The molecule has 1 aliphatic heterocycles. The predicted octanol–water partition coefficient (Wildman–Crippen LogP) is 0.347. The predicted molar refractivity (Wildman–Crippen MR) is 68.0 cm³/mol. The minimum atomic E-state index is -0.961. The summed E-state index contributed by atoms with van der Waals surface area (Å²) in [5.74, 6) is 0.336. The maximum absolute atomic E-state index is 11.6. The van der Waals surface area contributed by atoms with E-state index in [9.17, 15) is 9.59 Å². The van der Waals surface area contributed by atoms with Crippen molar-refractivity contribution >= 4 is 24.5 Å². The zero-order chi connectivity index (χ0) is 12.8. The average molecular weight is 260 g/mol. The lowest BCUT2D eigenvalue weighted by Gasteiger charge is -2.16. The summed E-state index contributed by atoms with van der Waals surface area (Å²) in [6.45, 7) is 1.49. The molecule has 0 aliphatic carbocycles. The van der Waals surface area contributed by atoms with Crippen LogP contribution in [-0.4, -0.2) is 46.8 Å². The summed E-state index contributed by atoms with van der Waals surface area (Å²) in [4.78, 5) is 23.9. The molecular weight excluding hydrogens is 240 g/mol. The summed E-state index contributed by atoms with van der Waals surface area (Å²) in [7, 11) is 0. The van der Waals surface area contributed by atoms with Gasteiger partial charge in [0.1, 0.15) is 6.04 Å². The summed E-state index contributed by atoms with van der Waals surface area (Å²) in [6.07, 6.45) is 2.61. The summed E-state index contributed by atoms with van der Waals surface area (Å²) >= 11 is 4.20. The van der Waals surface area contributed by atoms with Crippen LogP contribution in [-0.2, 0) is 9.59 Å². The van der Waals surface area contributed by atoms with Gasteiger partial charge in [-0.15, -0.1) is 0 Å². The Kier molecular flexibility index (Phi) is 5.77. The summed E-state index contributed by atoms with van der Waals surface area (Å²) in [5, 5.41) is 8.60. The second-order valence-electron chi connectivity index (χ2n) is 4.53. The van der Waals surface area contributed by atoms with Gasteiger partial charge in [-0.05, 0) is 30.9 Å². The number of carboxylic acids is 1. The number of hydrogen-bond donors (Lipinski definition) is 3. The van der Waals surface area contributed by atoms with E-state index in [4.69, 9.17) is 10.8 Å². The monoisotopic (exact) mass is 260 g/mol. The maximum Gasteiger partial charge on any atom is 0.320 e. The Hall–Kier alpha value is -0.750. The number of unbranched alkanes of at least 4 members (excludes halogenated alkanes) is 1. The van der Waals surface area contributed by atoms with Crippen molar-refractivity contribution in [3.63, 3.8) is 0 Å². The molecule has 1 heterocycles. The largest absolute Gasteiger partial charge is 0.480 e. The molecule has 17 heavy (non-hydrogen) atoms. The van der Waals surface area contributed by atoms with Crippen LogP contribution >= 0.6 is 12.6 Å². The van der Waals surface area contributed by atoms with E-state index in [0.717, 1.165) is 25.1 Å². The van der Waals surface area contributed by atoms with Crippen molar-refractivity contribution in [1.29, 1.82) is 0 Å². The number of amides is 1. The van der Waals surface area contributed by atoms with Gasteiger partial charge in [0.15, 0.2) is 0 Å². The maximum atomic E-state index is 11.6. The van der Waals surface area contributed by atoms with Crippen LogP contribution in [0.5, 0.6) is 0 Å². The zero-order valence-electron chi connectivity index (χ0n) is 9.84. The van der Waals surface area contributed by atoms with Crippen LogP contribution in [0.3, 0.4) is 0 Å². The van der Waals surface area contributed by atoms with Crippen LogP contribution in [0.4, 0.5) is 0 Å². The normalized spacial score (nSPS) is 21.9. The molecule has 98 valence electrons. The summed E-state index contributed by atoms with van der Waals surface area (Å²) in [6, 6.07) is -0.783. The van der Waals surface area contributed by atoms with Gasteiger partial charge in [0.2, 0.25) is 5.91 Å². The third kappa shape index (κ3) is 4.55. The lowest BCUT2D eigenvalue weighted by atomic mass is 10.1. The number of aliphatic carboxylic acids is 1. The van der Waals surface area contributed by atoms with Crippen molar-refractivity contribution in [3.05, 3.63) is 0 Å². The molecule has 1 fully saturated rings. The molecule has 0 saturated carbocycles. The van der Waals surface area contributed by atoms with Gasteiger partial charge in [0, 0.05) is 19.5 Å². The van der Waals surface area contributed by atoms with Crippen LogP contribution < -0.4 is 5.73 Å². The molecule has 2 atom stereocenters. The van der Waals surface area contributed by atoms with Crippen molar-refractivity contribution in [2.24, 2.45) is 11.7 Å². The Morgan fingerprint density at radius 1 is 1.59 bits per heavy atom. The SMILES string of the molecule is NC(CCCCN1CC(CS)CC1=O)C(=O)O. The van der Waals surface area contributed by atoms with E-state index >= 15 is 0 Å². The van der Waals surface area contributed by atoms with E-state index < -0.39 is 12.0 Å².